The average molecular weight is 270 g/mol. The number of hydrogen-bond donors (Lipinski definition) is 1. The molecule has 0 saturated carbocycles. The Kier molecular flexibility index (Phi) is 3.85. The molecule has 1 N–H and O–H groups in total. The highest BCUT2D eigenvalue weighted by Gasteiger charge is 2.19. The second-order valence-corrected chi connectivity index (χ2v) is 3.89. The minimum absolute atomic E-state index is 0.0761. The Balaban J connectivity index is 2.62. The van der Waals surface area contributed by atoms with Crippen molar-refractivity contribution in [3.63, 3.8) is 0 Å². The van der Waals surface area contributed by atoms with E-state index in [0.29, 0.717) is 6.29 Å². The number of rotatable bonds is 5. The van der Waals surface area contributed by atoms with Crippen LogP contribution in [-0.2, 0) is 0 Å². The Bertz CT molecular complexity index is 670. The standard InChI is InChI=1S/C14H10N2O4/c17-9-10-5-1-3-7-12(10)16(15-20)13-8-4-2-6-11(13)14(18)19/h1-9H,(H,18,19). The van der Waals surface area contributed by atoms with E-state index in [-0.39, 0.29) is 22.5 Å². The molecule has 0 fully saturated rings. The van der Waals surface area contributed by atoms with Gasteiger partial charge in [-0.05, 0) is 24.3 Å². The van der Waals surface area contributed by atoms with Crippen LogP contribution in [-0.4, -0.2) is 17.4 Å². The first kappa shape index (κ1) is 13.4. The Morgan fingerprint density at radius 2 is 1.65 bits per heavy atom. The molecular weight excluding hydrogens is 260 g/mol. The molecule has 0 bridgehead atoms. The van der Waals surface area contributed by atoms with Crippen molar-refractivity contribution in [3.05, 3.63) is 64.6 Å². The van der Waals surface area contributed by atoms with Gasteiger partial charge in [-0.15, -0.1) is 4.91 Å². The summed E-state index contributed by atoms with van der Waals surface area (Å²) in [7, 11) is 0. The van der Waals surface area contributed by atoms with Crippen molar-refractivity contribution in [2.24, 2.45) is 5.29 Å². The number of aldehydes is 1. The maximum atomic E-state index is 11.2. The van der Waals surface area contributed by atoms with Crippen LogP contribution in [0.4, 0.5) is 11.4 Å². The van der Waals surface area contributed by atoms with E-state index in [4.69, 9.17) is 5.11 Å². The van der Waals surface area contributed by atoms with Gasteiger partial charge in [0.05, 0.1) is 22.2 Å². The maximum Gasteiger partial charge on any atom is 0.337 e. The zero-order valence-corrected chi connectivity index (χ0v) is 10.3. The topological polar surface area (TPSA) is 87.0 Å². The molecule has 0 amide bonds. The predicted octanol–water partition coefficient (Wildman–Crippen LogP) is 3.02. The lowest BCUT2D eigenvalue weighted by Crippen LogP contribution is -2.14. The summed E-state index contributed by atoms with van der Waals surface area (Å²) >= 11 is 0. The van der Waals surface area contributed by atoms with Crippen LogP contribution in [0.15, 0.2) is 53.8 Å². The molecule has 0 unspecified atom stereocenters. The molecule has 0 aromatic heterocycles. The smallest absolute Gasteiger partial charge is 0.337 e. The summed E-state index contributed by atoms with van der Waals surface area (Å²) in [4.78, 5) is 33.3. The summed E-state index contributed by atoms with van der Waals surface area (Å²) in [6, 6.07) is 12.2. The largest absolute Gasteiger partial charge is 0.478 e. The number of anilines is 2. The molecule has 6 heteroatoms. The van der Waals surface area contributed by atoms with E-state index in [2.05, 4.69) is 5.29 Å². The number of nitrogens with zero attached hydrogens (tertiary/aromatic N) is 2. The van der Waals surface area contributed by atoms with Crippen molar-refractivity contribution < 1.29 is 14.7 Å². The number of nitroso groups, excluding NO2 is 1. The Morgan fingerprint density at radius 1 is 1.05 bits per heavy atom. The molecule has 0 spiro atoms. The van der Waals surface area contributed by atoms with Gasteiger partial charge in [0.15, 0.2) is 6.29 Å². The molecule has 0 aliphatic heterocycles. The van der Waals surface area contributed by atoms with Crippen molar-refractivity contribution in [3.8, 4) is 0 Å². The van der Waals surface area contributed by atoms with E-state index in [0.717, 1.165) is 5.01 Å². The van der Waals surface area contributed by atoms with Crippen LogP contribution in [0.5, 0.6) is 0 Å². The maximum absolute atomic E-state index is 11.2. The van der Waals surface area contributed by atoms with E-state index in [1.54, 1.807) is 24.3 Å². The minimum atomic E-state index is -1.18. The van der Waals surface area contributed by atoms with Crippen molar-refractivity contribution in [1.29, 1.82) is 0 Å². The van der Waals surface area contributed by atoms with Gasteiger partial charge < -0.3 is 5.11 Å². The van der Waals surface area contributed by atoms with Gasteiger partial charge in [-0.25, -0.2) is 4.79 Å². The van der Waals surface area contributed by atoms with Crippen LogP contribution in [0.25, 0.3) is 0 Å². The molecule has 0 aliphatic rings. The van der Waals surface area contributed by atoms with E-state index in [1.807, 2.05) is 0 Å². The van der Waals surface area contributed by atoms with Crippen LogP contribution >= 0.6 is 0 Å². The minimum Gasteiger partial charge on any atom is -0.478 e. The molecule has 100 valence electrons. The molecular formula is C14H10N2O4. The second kappa shape index (κ2) is 5.75. The Labute approximate surface area is 114 Å². The van der Waals surface area contributed by atoms with E-state index < -0.39 is 5.97 Å². The van der Waals surface area contributed by atoms with Crippen LogP contribution in [0.2, 0.25) is 0 Å². The Hall–Kier alpha value is -3.02. The fraction of sp³-hybridized carbons (Fsp3) is 0. The quantitative estimate of drug-likeness (QED) is 0.512. The van der Waals surface area contributed by atoms with Gasteiger partial charge in [0.1, 0.15) is 0 Å². The second-order valence-electron chi connectivity index (χ2n) is 3.89. The fourth-order valence-corrected chi connectivity index (χ4v) is 1.84. The van der Waals surface area contributed by atoms with Crippen LogP contribution in [0, 0.1) is 4.91 Å². The number of para-hydroxylation sites is 2. The van der Waals surface area contributed by atoms with E-state index in [9.17, 15) is 14.5 Å². The van der Waals surface area contributed by atoms with Gasteiger partial charge in [-0.2, -0.15) is 5.01 Å². The summed E-state index contributed by atoms with van der Waals surface area (Å²) in [5.74, 6) is -1.18. The highest BCUT2D eigenvalue weighted by Crippen LogP contribution is 2.30. The normalized spacial score (nSPS) is 9.80. The molecule has 0 radical (unpaired) electrons. The summed E-state index contributed by atoms with van der Waals surface area (Å²) in [5.41, 5.74) is 0.496. The Morgan fingerprint density at radius 3 is 2.25 bits per heavy atom. The number of benzene rings is 2. The van der Waals surface area contributed by atoms with Crippen LogP contribution in [0.3, 0.4) is 0 Å². The van der Waals surface area contributed by atoms with Crippen LogP contribution < -0.4 is 5.01 Å². The van der Waals surface area contributed by atoms with Gasteiger partial charge in [0.2, 0.25) is 0 Å². The zero-order chi connectivity index (χ0) is 14.5. The summed E-state index contributed by atoms with van der Waals surface area (Å²) in [5, 5.41) is 12.9. The van der Waals surface area contributed by atoms with Crippen molar-refractivity contribution in [2.75, 3.05) is 5.01 Å². The molecule has 20 heavy (non-hydrogen) atoms. The van der Waals surface area contributed by atoms with Crippen molar-refractivity contribution in [1.82, 2.24) is 0 Å². The third-order valence-corrected chi connectivity index (χ3v) is 2.74. The molecule has 2 aromatic carbocycles. The fourth-order valence-electron chi connectivity index (χ4n) is 1.84. The average Bonchev–Trinajstić information content (AvgIpc) is 2.49. The molecule has 6 nitrogen and oxygen atoms in total. The number of carbonyl (C=O) groups excluding carboxylic acids is 1. The first-order valence-electron chi connectivity index (χ1n) is 5.69. The van der Waals surface area contributed by atoms with Crippen LogP contribution in [0.1, 0.15) is 20.7 Å². The number of carbonyl (C=O) groups is 2. The monoisotopic (exact) mass is 270 g/mol. The SMILES string of the molecule is O=Cc1ccccc1N(N=O)c1ccccc1C(=O)O. The summed E-state index contributed by atoms with van der Waals surface area (Å²) in [6.07, 6.45) is 0.580. The molecule has 0 heterocycles. The summed E-state index contributed by atoms with van der Waals surface area (Å²) < 4.78 is 0. The van der Waals surface area contributed by atoms with Gasteiger partial charge >= 0.3 is 5.97 Å². The number of aromatic carboxylic acids is 1. The third-order valence-electron chi connectivity index (χ3n) is 2.74. The number of carboxylic acid groups (broad SMARTS) is 1. The highest BCUT2D eigenvalue weighted by atomic mass is 16.4. The van der Waals surface area contributed by atoms with Gasteiger partial charge in [-0.3, -0.25) is 4.79 Å². The highest BCUT2D eigenvalue weighted by molar-refractivity contribution is 5.96. The van der Waals surface area contributed by atoms with E-state index in [1.165, 1.54) is 24.3 Å². The lowest BCUT2D eigenvalue weighted by molar-refractivity contribution is 0.0697. The molecule has 0 aliphatic carbocycles. The summed E-state index contributed by atoms with van der Waals surface area (Å²) in [6.45, 7) is 0. The molecule has 2 rings (SSSR count). The number of hydrogen-bond acceptors (Lipinski definition) is 4. The lowest BCUT2D eigenvalue weighted by Gasteiger charge is -2.18. The lowest BCUT2D eigenvalue weighted by atomic mass is 10.1. The van der Waals surface area contributed by atoms with E-state index >= 15 is 0 Å². The first-order chi connectivity index (χ1) is 9.69. The first-order valence-corrected chi connectivity index (χ1v) is 5.69. The van der Waals surface area contributed by atoms with Gasteiger partial charge in [0, 0.05) is 5.56 Å². The number of carboxylic acids is 1. The van der Waals surface area contributed by atoms with Crippen molar-refractivity contribution >= 4 is 23.6 Å². The van der Waals surface area contributed by atoms with Gasteiger partial charge in [0.25, 0.3) is 0 Å². The van der Waals surface area contributed by atoms with Crippen molar-refractivity contribution in [2.45, 2.75) is 0 Å². The zero-order valence-electron chi connectivity index (χ0n) is 10.3. The molecule has 0 atom stereocenters. The molecule has 0 saturated heterocycles. The predicted molar refractivity (Wildman–Crippen MR) is 73.2 cm³/mol. The third kappa shape index (κ3) is 2.39. The molecule has 2 aromatic rings. The van der Waals surface area contributed by atoms with Gasteiger partial charge in [-0.1, -0.05) is 24.3 Å².